The Bertz CT molecular complexity index is 965. The van der Waals surface area contributed by atoms with Gasteiger partial charge in [-0.3, -0.25) is 4.79 Å². The van der Waals surface area contributed by atoms with Gasteiger partial charge in [-0.05, 0) is 38.0 Å². The Morgan fingerprint density at radius 1 is 1.32 bits per heavy atom. The summed E-state index contributed by atoms with van der Waals surface area (Å²) < 4.78 is 7.26. The average molecular weight is 417 g/mol. The molecular weight excluding hydrogens is 392 g/mol. The molecule has 28 heavy (non-hydrogen) atoms. The summed E-state index contributed by atoms with van der Waals surface area (Å²) >= 11 is 3.13. The largest absolute Gasteiger partial charge is 0.497 e. The van der Waals surface area contributed by atoms with Gasteiger partial charge in [0, 0.05) is 34.1 Å². The maximum absolute atomic E-state index is 12.3. The number of methoxy groups -OCH3 is 1. The van der Waals surface area contributed by atoms with Gasteiger partial charge in [0.15, 0.2) is 11.0 Å². The lowest BCUT2D eigenvalue weighted by molar-refractivity contribution is -0.113. The molecule has 3 rings (SSSR count). The normalized spacial score (nSPS) is 10.9. The zero-order valence-corrected chi connectivity index (χ0v) is 18.1. The monoisotopic (exact) mass is 416 g/mol. The van der Waals surface area contributed by atoms with Crippen molar-refractivity contribution >= 4 is 34.7 Å². The second-order valence-corrected chi connectivity index (χ2v) is 8.18. The van der Waals surface area contributed by atoms with E-state index in [-0.39, 0.29) is 11.7 Å². The van der Waals surface area contributed by atoms with Gasteiger partial charge >= 0.3 is 0 Å². The second kappa shape index (κ2) is 9.25. The van der Waals surface area contributed by atoms with Crippen molar-refractivity contribution in [3.8, 4) is 17.1 Å². The van der Waals surface area contributed by atoms with Crippen LogP contribution in [-0.2, 0) is 17.8 Å². The van der Waals surface area contributed by atoms with Crippen LogP contribution in [0.4, 0.5) is 5.69 Å². The quantitative estimate of drug-likeness (QED) is 0.542. The molecule has 0 bridgehead atoms. The number of thiophene rings is 1. The number of aryl methyl sites for hydroxylation is 1. The van der Waals surface area contributed by atoms with Crippen LogP contribution in [0, 0.1) is 6.92 Å². The molecule has 1 N–H and O–H groups in total. The molecule has 8 heteroatoms. The van der Waals surface area contributed by atoms with E-state index in [4.69, 9.17) is 4.74 Å². The molecule has 0 spiro atoms. The number of nitrogens with zero attached hydrogens (tertiary/aromatic N) is 3. The molecule has 0 saturated heterocycles. The van der Waals surface area contributed by atoms with Gasteiger partial charge in [-0.2, -0.15) is 0 Å². The van der Waals surface area contributed by atoms with E-state index >= 15 is 0 Å². The summed E-state index contributed by atoms with van der Waals surface area (Å²) in [6.45, 7) is 7.11. The first kappa shape index (κ1) is 20.4. The zero-order valence-electron chi connectivity index (χ0n) is 16.5. The fourth-order valence-corrected chi connectivity index (χ4v) is 4.76. The molecular formula is C20H24N4O2S2. The molecule has 6 nitrogen and oxygen atoms in total. The van der Waals surface area contributed by atoms with Crippen molar-refractivity contribution in [2.24, 2.45) is 0 Å². The summed E-state index contributed by atoms with van der Waals surface area (Å²) in [6.07, 6.45) is 0.965. The first-order valence-electron chi connectivity index (χ1n) is 9.14. The van der Waals surface area contributed by atoms with Gasteiger partial charge in [0.1, 0.15) is 5.75 Å². The topological polar surface area (TPSA) is 69.0 Å². The second-order valence-electron chi connectivity index (χ2n) is 6.16. The lowest BCUT2D eigenvalue weighted by Gasteiger charge is -2.09. The standard InChI is InChI=1S/C20H24N4O2S2/c1-5-16-13(3)27-11-17(16)19-22-23-20(24(19)6-2)28-12-18(25)21-14-8-7-9-15(10-14)26-4/h7-11H,5-6,12H2,1-4H3,(H,21,25). The van der Waals surface area contributed by atoms with Gasteiger partial charge in [-0.25, -0.2) is 0 Å². The summed E-state index contributed by atoms with van der Waals surface area (Å²) in [5.74, 6) is 1.75. The number of thioether (sulfide) groups is 1. The third-order valence-electron chi connectivity index (χ3n) is 4.42. The minimum Gasteiger partial charge on any atom is -0.497 e. The van der Waals surface area contributed by atoms with Gasteiger partial charge in [-0.1, -0.05) is 24.8 Å². The van der Waals surface area contributed by atoms with E-state index in [9.17, 15) is 4.79 Å². The number of nitrogens with one attached hydrogen (secondary N) is 1. The third-order valence-corrected chi connectivity index (χ3v) is 6.34. The number of carbonyl (C=O) groups excluding carboxylic acids is 1. The van der Waals surface area contributed by atoms with E-state index in [1.165, 1.54) is 22.2 Å². The molecule has 0 saturated carbocycles. The summed E-state index contributed by atoms with van der Waals surface area (Å²) in [5, 5.41) is 14.5. The highest BCUT2D eigenvalue weighted by molar-refractivity contribution is 7.99. The molecule has 0 aliphatic heterocycles. The molecule has 2 heterocycles. The number of aromatic nitrogens is 3. The number of hydrogen-bond donors (Lipinski definition) is 1. The number of amides is 1. The molecule has 0 unspecified atom stereocenters. The summed E-state index contributed by atoms with van der Waals surface area (Å²) in [7, 11) is 1.60. The van der Waals surface area contributed by atoms with Gasteiger partial charge in [-0.15, -0.1) is 21.5 Å². The van der Waals surface area contributed by atoms with Crippen LogP contribution in [0.15, 0.2) is 34.8 Å². The van der Waals surface area contributed by atoms with E-state index in [2.05, 4.69) is 46.2 Å². The molecule has 0 fully saturated rings. The number of rotatable bonds is 8. The van der Waals surface area contributed by atoms with Gasteiger partial charge in [0.25, 0.3) is 0 Å². The van der Waals surface area contributed by atoms with E-state index in [1.807, 2.05) is 18.2 Å². The van der Waals surface area contributed by atoms with Crippen molar-refractivity contribution < 1.29 is 9.53 Å². The Morgan fingerprint density at radius 2 is 2.14 bits per heavy atom. The highest BCUT2D eigenvalue weighted by Gasteiger charge is 2.18. The van der Waals surface area contributed by atoms with Crippen LogP contribution < -0.4 is 10.1 Å². The average Bonchev–Trinajstić information content (AvgIpc) is 3.28. The molecule has 0 radical (unpaired) electrons. The van der Waals surface area contributed by atoms with Crippen LogP contribution in [-0.4, -0.2) is 33.5 Å². The predicted octanol–water partition coefficient (Wildman–Crippen LogP) is 4.64. The Kier molecular flexibility index (Phi) is 6.74. The maximum Gasteiger partial charge on any atom is 0.234 e. The van der Waals surface area contributed by atoms with Crippen molar-refractivity contribution in [2.75, 3.05) is 18.2 Å². The molecule has 2 aromatic heterocycles. The predicted molar refractivity (Wildman–Crippen MR) is 115 cm³/mol. The summed E-state index contributed by atoms with van der Waals surface area (Å²) in [6, 6.07) is 7.31. The molecule has 0 atom stereocenters. The molecule has 0 aliphatic rings. The number of hydrogen-bond acceptors (Lipinski definition) is 6. The van der Waals surface area contributed by atoms with E-state index in [1.54, 1.807) is 24.5 Å². The first-order chi connectivity index (χ1) is 13.6. The van der Waals surface area contributed by atoms with E-state index in [0.29, 0.717) is 11.4 Å². The Morgan fingerprint density at radius 3 is 2.86 bits per heavy atom. The van der Waals surface area contributed by atoms with Gasteiger partial charge in [0.2, 0.25) is 5.91 Å². The van der Waals surface area contributed by atoms with Crippen LogP contribution in [0.3, 0.4) is 0 Å². The number of benzene rings is 1. The van der Waals surface area contributed by atoms with E-state index in [0.717, 1.165) is 29.5 Å². The van der Waals surface area contributed by atoms with Crippen molar-refractivity contribution in [3.05, 3.63) is 40.1 Å². The number of anilines is 1. The first-order valence-corrected chi connectivity index (χ1v) is 11.0. The van der Waals surface area contributed by atoms with Gasteiger partial charge in [0.05, 0.1) is 12.9 Å². The van der Waals surface area contributed by atoms with E-state index < -0.39 is 0 Å². The molecule has 148 valence electrons. The zero-order chi connectivity index (χ0) is 20.1. The Labute approximate surface area is 173 Å². The Balaban J connectivity index is 1.71. The van der Waals surface area contributed by atoms with Crippen molar-refractivity contribution in [1.29, 1.82) is 0 Å². The van der Waals surface area contributed by atoms with Crippen molar-refractivity contribution in [3.63, 3.8) is 0 Å². The van der Waals surface area contributed by atoms with Gasteiger partial charge < -0.3 is 14.6 Å². The summed E-state index contributed by atoms with van der Waals surface area (Å²) in [4.78, 5) is 13.7. The number of carbonyl (C=O) groups is 1. The van der Waals surface area contributed by atoms with Crippen LogP contribution in [0.25, 0.3) is 11.4 Å². The fraction of sp³-hybridized carbons (Fsp3) is 0.350. The third kappa shape index (κ3) is 4.39. The van der Waals surface area contributed by atoms with Crippen LogP contribution in [0.5, 0.6) is 5.75 Å². The number of ether oxygens (including phenoxy) is 1. The lowest BCUT2D eigenvalue weighted by Crippen LogP contribution is -2.14. The molecule has 3 aromatic rings. The minimum atomic E-state index is -0.0916. The highest BCUT2D eigenvalue weighted by atomic mass is 32.2. The fourth-order valence-electron chi connectivity index (χ4n) is 3.01. The van der Waals surface area contributed by atoms with Crippen molar-refractivity contribution in [1.82, 2.24) is 14.8 Å². The Hall–Kier alpha value is -2.32. The lowest BCUT2D eigenvalue weighted by atomic mass is 10.1. The summed E-state index contributed by atoms with van der Waals surface area (Å²) in [5.41, 5.74) is 3.18. The maximum atomic E-state index is 12.3. The molecule has 1 aromatic carbocycles. The van der Waals surface area contributed by atoms with Crippen LogP contribution >= 0.6 is 23.1 Å². The minimum absolute atomic E-state index is 0.0916. The SMILES string of the molecule is CCc1c(-c2nnc(SCC(=O)Nc3cccc(OC)c3)n2CC)csc1C. The molecule has 0 aliphatic carbocycles. The molecule has 1 amide bonds. The van der Waals surface area contributed by atoms with Crippen LogP contribution in [0.2, 0.25) is 0 Å². The smallest absolute Gasteiger partial charge is 0.234 e. The van der Waals surface area contributed by atoms with Crippen molar-refractivity contribution in [2.45, 2.75) is 38.9 Å². The highest BCUT2D eigenvalue weighted by Crippen LogP contribution is 2.32. The van der Waals surface area contributed by atoms with Crippen LogP contribution in [0.1, 0.15) is 24.3 Å².